The fourth-order valence-corrected chi connectivity index (χ4v) is 2.01. The number of nitrogens with zero attached hydrogens (tertiary/aromatic N) is 2. The third-order valence-electron chi connectivity index (χ3n) is 2.37. The normalized spacial score (nSPS) is 15.6. The molecular weight excluding hydrogens is 247 g/mol. The van der Waals surface area contributed by atoms with Gasteiger partial charge in [0, 0.05) is 10.7 Å². The number of hydrogen-bond donors (Lipinski definition) is 0. The minimum atomic E-state index is -0.0684. The summed E-state index contributed by atoms with van der Waals surface area (Å²) in [5.74, 6) is -0.0684. The summed E-state index contributed by atoms with van der Waals surface area (Å²) in [6.07, 6.45) is 0.345. The molecule has 1 aromatic rings. The standard InChI is InChI=1S/C11H10Cl2N2O/c1-6-3-10(9(13)5-8(6)12)15-11(16)4-7(2)14-15/h3,5H,4H2,1-2H3. The maximum atomic E-state index is 11.7. The van der Waals surface area contributed by atoms with Crippen molar-refractivity contribution in [3.63, 3.8) is 0 Å². The molecule has 0 radical (unpaired) electrons. The average molecular weight is 257 g/mol. The van der Waals surface area contributed by atoms with Crippen LogP contribution in [0.15, 0.2) is 17.2 Å². The molecule has 16 heavy (non-hydrogen) atoms. The first kappa shape index (κ1) is 11.4. The quantitative estimate of drug-likeness (QED) is 0.758. The highest BCUT2D eigenvalue weighted by Gasteiger charge is 2.24. The number of amides is 1. The summed E-state index contributed by atoms with van der Waals surface area (Å²) in [7, 11) is 0. The van der Waals surface area contributed by atoms with Crippen molar-refractivity contribution in [3.8, 4) is 0 Å². The zero-order valence-corrected chi connectivity index (χ0v) is 10.4. The van der Waals surface area contributed by atoms with Crippen molar-refractivity contribution >= 4 is 40.5 Å². The van der Waals surface area contributed by atoms with Crippen LogP contribution in [0.3, 0.4) is 0 Å². The maximum absolute atomic E-state index is 11.7. The van der Waals surface area contributed by atoms with E-state index in [1.807, 2.05) is 13.8 Å². The molecule has 1 aromatic carbocycles. The molecule has 0 atom stereocenters. The second-order valence-electron chi connectivity index (χ2n) is 3.77. The van der Waals surface area contributed by atoms with Crippen LogP contribution in [0.4, 0.5) is 5.69 Å². The van der Waals surface area contributed by atoms with Crippen LogP contribution in [0.25, 0.3) is 0 Å². The summed E-state index contributed by atoms with van der Waals surface area (Å²) in [5.41, 5.74) is 2.24. The molecule has 0 saturated heterocycles. The summed E-state index contributed by atoms with van der Waals surface area (Å²) in [5, 5.41) is 6.50. The molecule has 0 spiro atoms. The van der Waals surface area contributed by atoms with E-state index in [-0.39, 0.29) is 5.91 Å². The van der Waals surface area contributed by atoms with Gasteiger partial charge in [0.25, 0.3) is 5.91 Å². The lowest BCUT2D eigenvalue weighted by molar-refractivity contribution is -0.116. The van der Waals surface area contributed by atoms with Crippen LogP contribution in [0.1, 0.15) is 18.9 Å². The Labute approximate surface area is 104 Å². The zero-order valence-electron chi connectivity index (χ0n) is 8.92. The predicted octanol–water partition coefficient (Wildman–Crippen LogP) is 3.41. The van der Waals surface area contributed by atoms with Gasteiger partial charge in [-0.25, -0.2) is 0 Å². The van der Waals surface area contributed by atoms with Gasteiger partial charge in [-0.15, -0.1) is 0 Å². The van der Waals surface area contributed by atoms with Gasteiger partial charge in [-0.1, -0.05) is 23.2 Å². The van der Waals surface area contributed by atoms with Crippen LogP contribution >= 0.6 is 23.2 Å². The lowest BCUT2D eigenvalue weighted by Gasteiger charge is -2.14. The highest BCUT2D eigenvalue weighted by molar-refractivity contribution is 6.37. The molecule has 0 aromatic heterocycles. The monoisotopic (exact) mass is 256 g/mol. The number of hydrazone groups is 1. The highest BCUT2D eigenvalue weighted by atomic mass is 35.5. The largest absolute Gasteiger partial charge is 0.272 e. The third kappa shape index (κ3) is 1.93. The first-order valence-corrected chi connectivity index (χ1v) is 5.57. The number of benzene rings is 1. The summed E-state index contributed by atoms with van der Waals surface area (Å²) in [4.78, 5) is 11.7. The van der Waals surface area contributed by atoms with Gasteiger partial charge in [-0.2, -0.15) is 10.1 Å². The van der Waals surface area contributed by atoms with E-state index < -0.39 is 0 Å². The van der Waals surface area contributed by atoms with Gasteiger partial charge in [0.15, 0.2) is 0 Å². The lowest BCUT2D eigenvalue weighted by atomic mass is 10.2. The number of halogens is 2. The molecule has 0 aliphatic carbocycles. The van der Waals surface area contributed by atoms with Gasteiger partial charge >= 0.3 is 0 Å². The number of aryl methyl sites for hydroxylation is 1. The Bertz CT molecular complexity index is 497. The van der Waals surface area contributed by atoms with Gasteiger partial charge in [0.1, 0.15) is 0 Å². The highest BCUT2D eigenvalue weighted by Crippen LogP contribution is 2.33. The Morgan fingerprint density at radius 1 is 1.25 bits per heavy atom. The second-order valence-corrected chi connectivity index (χ2v) is 4.58. The van der Waals surface area contributed by atoms with Crippen LogP contribution in [0, 0.1) is 6.92 Å². The molecule has 1 aliphatic heterocycles. The van der Waals surface area contributed by atoms with Gasteiger partial charge in [0.2, 0.25) is 0 Å². The van der Waals surface area contributed by atoms with Crippen molar-refractivity contribution in [1.82, 2.24) is 0 Å². The van der Waals surface area contributed by atoms with Crippen molar-refractivity contribution in [1.29, 1.82) is 0 Å². The molecule has 0 fully saturated rings. The molecule has 84 valence electrons. The first-order valence-electron chi connectivity index (χ1n) is 4.81. The van der Waals surface area contributed by atoms with E-state index in [9.17, 15) is 4.79 Å². The Hall–Kier alpha value is -1.06. The fourth-order valence-electron chi connectivity index (χ4n) is 1.55. The van der Waals surface area contributed by atoms with E-state index >= 15 is 0 Å². The van der Waals surface area contributed by atoms with Gasteiger partial charge in [0.05, 0.1) is 17.1 Å². The second kappa shape index (κ2) is 4.07. The molecule has 5 heteroatoms. The Morgan fingerprint density at radius 2 is 1.94 bits per heavy atom. The van der Waals surface area contributed by atoms with Crippen molar-refractivity contribution < 1.29 is 4.79 Å². The molecule has 0 N–H and O–H groups in total. The number of anilines is 1. The van der Waals surface area contributed by atoms with Crippen LogP contribution < -0.4 is 5.01 Å². The predicted molar refractivity (Wildman–Crippen MR) is 66.4 cm³/mol. The Balaban J connectivity index is 2.49. The molecule has 1 amide bonds. The molecule has 1 aliphatic rings. The maximum Gasteiger partial charge on any atom is 0.253 e. The summed E-state index contributed by atoms with van der Waals surface area (Å²) >= 11 is 12.0. The molecule has 3 nitrogen and oxygen atoms in total. The minimum absolute atomic E-state index is 0.0684. The average Bonchev–Trinajstić information content (AvgIpc) is 2.51. The van der Waals surface area contributed by atoms with Gasteiger partial charge in [-0.3, -0.25) is 4.79 Å². The van der Waals surface area contributed by atoms with E-state index in [4.69, 9.17) is 23.2 Å². The van der Waals surface area contributed by atoms with E-state index in [1.54, 1.807) is 12.1 Å². The topological polar surface area (TPSA) is 32.7 Å². The molecule has 0 bridgehead atoms. The van der Waals surface area contributed by atoms with E-state index in [0.29, 0.717) is 22.2 Å². The zero-order chi connectivity index (χ0) is 11.9. The summed E-state index contributed by atoms with van der Waals surface area (Å²) < 4.78 is 0. The fraction of sp³-hybridized carbons (Fsp3) is 0.273. The molecule has 2 rings (SSSR count). The van der Waals surface area contributed by atoms with Crippen LogP contribution in [0.2, 0.25) is 10.0 Å². The van der Waals surface area contributed by atoms with E-state index in [2.05, 4.69) is 5.10 Å². The third-order valence-corrected chi connectivity index (χ3v) is 3.08. The van der Waals surface area contributed by atoms with E-state index in [0.717, 1.165) is 11.3 Å². The van der Waals surface area contributed by atoms with Crippen molar-refractivity contribution in [2.24, 2.45) is 5.10 Å². The number of carbonyl (C=O) groups is 1. The van der Waals surface area contributed by atoms with Crippen LogP contribution in [-0.4, -0.2) is 11.6 Å². The van der Waals surface area contributed by atoms with Crippen LogP contribution in [-0.2, 0) is 4.79 Å². The van der Waals surface area contributed by atoms with Crippen molar-refractivity contribution in [2.75, 3.05) is 5.01 Å². The van der Waals surface area contributed by atoms with Crippen LogP contribution in [0.5, 0.6) is 0 Å². The van der Waals surface area contributed by atoms with Gasteiger partial charge < -0.3 is 0 Å². The molecular formula is C11H10Cl2N2O. The Kier molecular flexibility index (Phi) is 2.91. The van der Waals surface area contributed by atoms with Crippen molar-refractivity contribution in [3.05, 3.63) is 27.7 Å². The SMILES string of the molecule is CC1=NN(c2cc(C)c(Cl)cc2Cl)C(=O)C1. The summed E-state index contributed by atoms with van der Waals surface area (Å²) in [6, 6.07) is 3.40. The van der Waals surface area contributed by atoms with E-state index in [1.165, 1.54) is 5.01 Å². The molecule has 0 saturated carbocycles. The lowest BCUT2D eigenvalue weighted by Crippen LogP contribution is -2.20. The van der Waals surface area contributed by atoms with Crippen molar-refractivity contribution in [2.45, 2.75) is 20.3 Å². The number of carbonyl (C=O) groups excluding carboxylic acids is 1. The minimum Gasteiger partial charge on any atom is -0.272 e. The molecule has 0 unspecified atom stereocenters. The molecule has 1 heterocycles. The van der Waals surface area contributed by atoms with Gasteiger partial charge in [-0.05, 0) is 31.5 Å². The summed E-state index contributed by atoms with van der Waals surface area (Å²) in [6.45, 7) is 3.67. The Morgan fingerprint density at radius 3 is 2.50 bits per heavy atom. The number of rotatable bonds is 1. The smallest absolute Gasteiger partial charge is 0.253 e. The first-order chi connectivity index (χ1) is 7.49. The number of hydrogen-bond acceptors (Lipinski definition) is 2.